The van der Waals surface area contributed by atoms with Gasteiger partial charge in [0.1, 0.15) is 11.6 Å². The van der Waals surface area contributed by atoms with E-state index in [2.05, 4.69) is 32.2 Å². The summed E-state index contributed by atoms with van der Waals surface area (Å²) in [4.78, 5) is 21.0. The quantitative estimate of drug-likeness (QED) is 0.149. The first-order valence-electron chi connectivity index (χ1n) is 19.2. The van der Waals surface area contributed by atoms with Gasteiger partial charge >= 0.3 is 0 Å². The van der Waals surface area contributed by atoms with Crippen LogP contribution in [0.25, 0.3) is 11.9 Å². The third-order valence-electron chi connectivity index (χ3n) is 10.9. The van der Waals surface area contributed by atoms with Gasteiger partial charge in [-0.1, -0.05) is 0 Å². The summed E-state index contributed by atoms with van der Waals surface area (Å²) in [5.41, 5.74) is 7.60. The number of nitrogens with zero attached hydrogens (tertiary/aromatic N) is 10. The monoisotopic (exact) mass is 763 g/mol. The molecule has 13 nitrogen and oxygen atoms in total. The standard InChI is InChI=1S/C20H25F2N7.C18H24F2N6/c1-13-11-14(2)29(27-13)19-25-17-12-28(10-8-23)9-5-16(17)18(26-19)24-15-3-6-20(21,22)7-4-15;1-11-9-12(2)26(25-11)17-23-15-10-21-8-5-14(15)16(24-17)22-13-3-6-18(19,20)7-4-13/h11,15H,3-7,9-10,12H2,1-2H3,(H,24,25,26);9,13,21H,3-8,10H2,1-2H3,(H,22,23,24). The minimum Gasteiger partial charge on any atom is -0.367 e. The topological polar surface area (TPSA) is 150 Å². The van der Waals surface area contributed by atoms with Crippen molar-refractivity contribution in [1.82, 2.24) is 49.7 Å². The molecule has 8 rings (SSSR count). The molecule has 0 radical (unpaired) electrons. The van der Waals surface area contributed by atoms with Gasteiger partial charge in [0.2, 0.25) is 11.8 Å². The molecule has 0 spiro atoms. The van der Waals surface area contributed by atoms with Crippen molar-refractivity contribution >= 4 is 11.6 Å². The van der Waals surface area contributed by atoms with Crippen LogP contribution in [0.1, 0.15) is 96.7 Å². The number of hydrogen-bond acceptors (Lipinski definition) is 11. The Morgan fingerprint density at radius 3 is 1.71 bits per heavy atom. The largest absolute Gasteiger partial charge is 0.367 e. The van der Waals surface area contributed by atoms with E-state index in [0.717, 1.165) is 77.0 Å². The summed E-state index contributed by atoms with van der Waals surface area (Å²) in [5, 5.41) is 28.2. The lowest BCUT2D eigenvalue weighted by Crippen LogP contribution is -2.35. The second kappa shape index (κ2) is 15.8. The summed E-state index contributed by atoms with van der Waals surface area (Å²) in [6.07, 6.45) is 2.98. The lowest BCUT2D eigenvalue weighted by atomic mass is 9.92. The van der Waals surface area contributed by atoms with Crippen LogP contribution in [0.3, 0.4) is 0 Å². The molecular formula is C38H49F4N13. The highest BCUT2D eigenvalue weighted by Gasteiger charge is 2.37. The van der Waals surface area contributed by atoms with Gasteiger partial charge in [-0.3, -0.25) is 4.90 Å². The van der Waals surface area contributed by atoms with Crippen molar-refractivity contribution in [2.75, 3.05) is 30.3 Å². The van der Waals surface area contributed by atoms with Crippen molar-refractivity contribution in [2.45, 2.75) is 129 Å². The van der Waals surface area contributed by atoms with Gasteiger partial charge in [-0.15, -0.1) is 0 Å². The van der Waals surface area contributed by atoms with Crippen LogP contribution >= 0.6 is 0 Å². The van der Waals surface area contributed by atoms with E-state index in [0.29, 0.717) is 63.0 Å². The molecule has 0 atom stereocenters. The Morgan fingerprint density at radius 1 is 0.745 bits per heavy atom. The first-order chi connectivity index (χ1) is 26.3. The van der Waals surface area contributed by atoms with Crippen molar-refractivity contribution in [3.8, 4) is 18.0 Å². The van der Waals surface area contributed by atoms with E-state index in [-0.39, 0.29) is 37.8 Å². The molecule has 4 aromatic heterocycles. The molecule has 2 aliphatic carbocycles. The minimum atomic E-state index is -2.56. The second-order valence-corrected chi connectivity index (χ2v) is 15.4. The van der Waals surface area contributed by atoms with Gasteiger partial charge in [0.25, 0.3) is 11.9 Å². The van der Waals surface area contributed by atoms with E-state index in [1.807, 2.05) is 44.7 Å². The molecule has 3 N–H and O–H groups in total. The number of alkyl halides is 4. The minimum absolute atomic E-state index is 0.0248. The first kappa shape index (κ1) is 38.6. The van der Waals surface area contributed by atoms with E-state index in [1.54, 1.807) is 9.36 Å². The fourth-order valence-electron chi connectivity index (χ4n) is 7.90. The Hall–Kier alpha value is -4.69. The smallest absolute Gasteiger partial charge is 0.253 e. The first-order valence-corrected chi connectivity index (χ1v) is 19.2. The van der Waals surface area contributed by atoms with Crippen molar-refractivity contribution in [1.29, 1.82) is 5.26 Å². The zero-order chi connectivity index (χ0) is 38.9. The van der Waals surface area contributed by atoms with Gasteiger partial charge in [-0.25, -0.2) is 36.9 Å². The van der Waals surface area contributed by atoms with Gasteiger partial charge in [0.05, 0.1) is 35.4 Å². The number of rotatable bonds is 7. The molecule has 294 valence electrons. The molecule has 4 aliphatic rings. The molecule has 2 aliphatic heterocycles. The van der Waals surface area contributed by atoms with Crippen molar-refractivity contribution in [3.05, 3.63) is 57.4 Å². The molecule has 6 heterocycles. The summed E-state index contributed by atoms with van der Waals surface area (Å²) < 4.78 is 57.4. The maximum absolute atomic E-state index is 13.5. The Kier molecular flexibility index (Phi) is 11.1. The van der Waals surface area contributed by atoms with E-state index in [4.69, 9.17) is 25.2 Å². The average molecular weight is 764 g/mol. The van der Waals surface area contributed by atoms with Gasteiger partial charge in [-0.05, 0) is 84.9 Å². The molecule has 0 unspecified atom stereocenters. The summed E-state index contributed by atoms with van der Waals surface area (Å²) in [6, 6.07) is 6.13. The molecule has 2 saturated carbocycles. The van der Waals surface area contributed by atoms with E-state index in [1.165, 1.54) is 0 Å². The predicted octanol–water partition coefficient (Wildman–Crippen LogP) is 6.07. The Bertz CT molecular complexity index is 2030. The van der Waals surface area contributed by atoms with E-state index in [9.17, 15) is 17.6 Å². The maximum Gasteiger partial charge on any atom is 0.253 e. The third kappa shape index (κ3) is 9.07. The van der Waals surface area contributed by atoms with Crippen LogP contribution in [0, 0.1) is 39.0 Å². The van der Waals surface area contributed by atoms with Crippen LogP contribution in [0.2, 0.25) is 0 Å². The Morgan fingerprint density at radius 2 is 1.24 bits per heavy atom. The molecular weight excluding hydrogens is 715 g/mol. The summed E-state index contributed by atoms with van der Waals surface area (Å²) >= 11 is 0. The molecule has 0 amide bonds. The number of nitrogens with one attached hydrogen (secondary N) is 3. The van der Waals surface area contributed by atoms with Crippen LogP contribution in [0.15, 0.2) is 12.1 Å². The molecule has 2 fully saturated rings. The molecule has 0 aromatic carbocycles. The second-order valence-electron chi connectivity index (χ2n) is 15.4. The number of aromatic nitrogens is 8. The maximum atomic E-state index is 13.5. The fourth-order valence-corrected chi connectivity index (χ4v) is 7.90. The van der Waals surface area contributed by atoms with Crippen LogP contribution in [0.4, 0.5) is 29.2 Å². The van der Waals surface area contributed by atoms with Crippen molar-refractivity contribution in [2.24, 2.45) is 0 Å². The molecule has 0 bridgehead atoms. The van der Waals surface area contributed by atoms with Crippen LogP contribution < -0.4 is 16.0 Å². The lowest BCUT2D eigenvalue weighted by molar-refractivity contribution is -0.0366. The van der Waals surface area contributed by atoms with Crippen LogP contribution in [-0.2, 0) is 25.9 Å². The highest BCUT2D eigenvalue weighted by Crippen LogP contribution is 2.36. The van der Waals surface area contributed by atoms with Gasteiger partial charge < -0.3 is 16.0 Å². The van der Waals surface area contributed by atoms with Gasteiger partial charge in [0, 0.05) is 79.9 Å². The van der Waals surface area contributed by atoms with Crippen molar-refractivity contribution in [3.63, 3.8) is 0 Å². The molecule has 17 heteroatoms. The van der Waals surface area contributed by atoms with Gasteiger partial charge in [0.15, 0.2) is 0 Å². The van der Waals surface area contributed by atoms with Gasteiger partial charge in [-0.2, -0.15) is 25.4 Å². The summed E-state index contributed by atoms with van der Waals surface area (Å²) in [5.74, 6) is -2.60. The number of aryl methyl sites for hydroxylation is 4. The number of fused-ring (bicyclic) bond motifs is 2. The SMILES string of the molecule is Cc1cc(C)n(-c2nc3c(c(NC4CCC(F)(F)CC4)n2)CCN(CC#N)C3)n1.Cc1cc(C)n(-c2nc3c(c(NC4CCC(F)(F)CC4)n2)CCNC3)n1. The number of halogens is 4. The van der Waals surface area contributed by atoms with Crippen LogP contribution in [0.5, 0.6) is 0 Å². The number of hydrogen-bond donors (Lipinski definition) is 3. The molecule has 55 heavy (non-hydrogen) atoms. The van der Waals surface area contributed by atoms with E-state index >= 15 is 0 Å². The number of nitriles is 1. The average Bonchev–Trinajstić information content (AvgIpc) is 3.68. The van der Waals surface area contributed by atoms with E-state index < -0.39 is 11.8 Å². The predicted molar refractivity (Wildman–Crippen MR) is 199 cm³/mol. The number of anilines is 2. The normalized spacial score (nSPS) is 19.8. The van der Waals surface area contributed by atoms with Crippen LogP contribution in [-0.4, -0.2) is 88.0 Å². The molecule has 4 aromatic rings. The zero-order valence-electron chi connectivity index (χ0n) is 31.9. The summed E-state index contributed by atoms with van der Waals surface area (Å²) in [7, 11) is 0. The summed E-state index contributed by atoms with van der Waals surface area (Å²) in [6.45, 7) is 11.0. The van der Waals surface area contributed by atoms with Crippen molar-refractivity contribution < 1.29 is 17.6 Å². The Labute approximate surface area is 318 Å². The Balaban J connectivity index is 0.000000170. The molecule has 0 saturated heterocycles. The lowest BCUT2D eigenvalue weighted by Gasteiger charge is -2.32. The highest BCUT2D eigenvalue weighted by atomic mass is 19.3. The highest BCUT2D eigenvalue weighted by molar-refractivity contribution is 5.52. The zero-order valence-corrected chi connectivity index (χ0v) is 31.9. The fraction of sp³-hybridized carbons (Fsp3) is 0.605. The third-order valence-corrected chi connectivity index (χ3v) is 10.9.